The Morgan fingerprint density at radius 1 is 0.189 bits per heavy atom. The van der Waals surface area contributed by atoms with Gasteiger partial charge in [0, 0.05) is 11.1 Å². The topological polar surface area (TPSA) is 17.1 Å². The van der Waals surface area contributed by atoms with E-state index in [4.69, 9.17) is 0 Å². The highest BCUT2D eigenvalue weighted by Gasteiger charge is 2.21. The maximum atomic E-state index is 16.7. The van der Waals surface area contributed by atoms with Gasteiger partial charge in [-0.1, -0.05) is 316 Å². The van der Waals surface area contributed by atoms with Crippen LogP contribution < -0.4 is 0 Å². The van der Waals surface area contributed by atoms with Gasteiger partial charge in [-0.2, -0.15) is 0 Å². The van der Waals surface area contributed by atoms with E-state index in [0.717, 1.165) is 178 Å². The molecule has 0 radical (unpaired) electrons. The first kappa shape index (κ1) is 69.7. The molecular formula is C110H78O. The number of allylic oxidation sites excluding steroid dienone is 5. The summed E-state index contributed by atoms with van der Waals surface area (Å²) in [6.07, 6.45) is 8.15. The first-order chi connectivity index (χ1) is 54.8. The Morgan fingerprint density at radius 3 is 0.532 bits per heavy atom. The molecular weight excluding hydrogens is 1340 g/mol. The van der Waals surface area contributed by atoms with Crippen LogP contribution in [0.1, 0.15) is 28.4 Å². The van der Waals surface area contributed by atoms with Crippen LogP contribution in [0.15, 0.2) is 449 Å². The number of hydrogen-bond donors (Lipinski definition) is 0. The summed E-state index contributed by atoms with van der Waals surface area (Å²) in [5.41, 5.74) is 35.3. The van der Waals surface area contributed by atoms with Gasteiger partial charge in [0.2, 0.25) is 0 Å². The summed E-state index contributed by atoms with van der Waals surface area (Å²) in [5.74, 6) is -0.0971. The lowest BCUT2D eigenvalue weighted by Gasteiger charge is -2.16. The van der Waals surface area contributed by atoms with Gasteiger partial charge in [-0.3, -0.25) is 4.79 Å². The Morgan fingerprint density at radius 2 is 0.342 bits per heavy atom. The van der Waals surface area contributed by atoms with E-state index >= 15 is 4.79 Å². The lowest BCUT2D eigenvalue weighted by Crippen LogP contribution is -2.03. The second-order valence-corrected chi connectivity index (χ2v) is 28.4. The molecule has 0 aromatic heterocycles. The molecule has 0 fully saturated rings. The molecule has 0 atom stereocenters. The fourth-order valence-electron chi connectivity index (χ4n) is 15.3. The number of hydrogen-bond acceptors (Lipinski definition) is 1. The Labute approximate surface area is 651 Å². The van der Waals surface area contributed by atoms with E-state index in [-0.39, 0.29) is 5.78 Å². The van der Waals surface area contributed by atoms with Gasteiger partial charge >= 0.3 is 0 Å². The van der Waals surface area contributed by atoms with Crippen LogP contribution in [-0.4, -0.2) is 5.78 Å². The van der Waals surface area contributed by atoms with Crippen LogP contribution in [0.2, 0.25) is 0 Å². The first-order valence-corrected chi connectivity index (χ1v) is 38.0. The van der Waals surface area contributed by atoms with Crippen molar-refractivity contribution < 1.29 is 4.79 Å². The second kappa shape index (κ2) is 32.0. The molecule has 17 rings (SSSR count). The summed E-state index contributed by atoms with van der Waals surface area (Å²) in [7, 11) is 0. The van der Waals surface area contributed by atoms with Crippen LogP contribution in [0.4, 0.5) is 0 Å². The van der Waals surface area contributed by atoms with Gasteiger partial charge in [-0.25, -0.2) is 0 Å². The summed E-state index contributed by atoms with van der Waals surface area (Å²) < 4.78 is 0. The molecule has 0 spiro atoms. The van der Waals surface area contributed by atoms with E-state index in [2.05, 4.69) is 437 Å². The average molecular weight is 1420 g/mol. The molecule has 0 aliphatic heterocycles. The fraction of sp³-hybridized carbons (Fsp3) is 0.00909. The van der Waals surface area contributed by atoms with Gasteiger partial charge in [0.1, 0.15) is 0 Å². The summed E-state index contributed by atoms with van der Waals surface area (Å²) in [6.45, 7) is 6.30. The molecule has 0 N–H and O–H groups in total. The van der Waals surface area contributed by atoms with E-state index in [1.165, 1.54) is 0 Å². The van der Waals surface area contributed by atoms with Crippen LogP contribution in [-0.2, 0) is 0 Å². The van der Waals surface area contributed by atoms with Gasteiger partial charge in [-0.15, -0.1) is 0 Å². The lowest BCUT2D eigenvalue weighted by atomic mass is 9.87. The van der Waals surface area contributed by atoms with Crippen LogP contribution in [0.3, 0.4) is 0 Å². The fourth-order valence-corrected chi connectivity index (χ4v) is 15.3. The molecule has 111 heavy (non-hydrogen) atoms. The molecule has 0 amide bonds. The third-order valence-corrected chi connectivity index (χ3v) is 21.0. The van der Waals surface area contributed by atoms with Crippen molar-refractivity contribution in [1.29, 1.82) is 0 Å². The number of carbonyl (C=O) groups is 1. The Balaban J connectivity index is 0.846. The second-order valence-electron chi connectivity index (χ2n) is 28.4. The molecule has 0 saturated heterocycles. The molecule has 0 aliphatic carbocycles. The standard InChI is InChI=1S/C110H78O/c1-3-5-31-76(4-2)92-58-93(77-32-13-6-14-33-77)63-100(59-92)84-46-27-50-88(54-84)104-70-105(89-51-28-47-85(55-89)101-64-94(78-34-15-7-16-35-78)60-95(65-101)79-36-17-8-18-37-79)73-108(72-104)110(111)109-74-106(90-52-29-48-86(56-90)102-66-96(80-38-19-9-20-39-80)61-97(67-102)81-40-21-10-22-41-81)71-107(75-109)91-53-30-49-87(57-91)103-68-98(82-42-23-11-24-43-82)62-99(69-103)83-44-25-12-26-45-83/h3-75H,2H2,1H3. The quantitative estimate of drug-likeness (QED) is 0.0549. The number of rotatable bonds is 20. The van der Waals surface area contributed by atoms with E-state index in [0.29, 0.717) is 11.1 Å². The highest BCUT2D eigenvalue weighted by Crippen LogP contribution is 2.43. The minimum atomic E-state index is -0.0971. The monoisotopic (exact) mass is 1410 g/mol. The maximum absolute atomic E-state index is 16.7. The average Bonchev–Trinajstić information content (AvgIpc) is 0.784. The zero-order valence-corrected chi connectivity index (χ0v) is 61.8. The lowest BCUT2D eigenvalue weighted by molar-refractivity contribution is 0.103. The molecule has 524 valence electrons. The Kier molecular flexibility index (Phi) is 20.1. The SMILES string of the molecule is C=CC(=CC=CC)c1cc(-c2ccccc2)cc(-c2cccc(-c3cc(C(=O)c4cc(-c5cccc(-c6cc(-c7ccccc7)cc(-c7ccccc7)c6)c5)cc(-c5cccc(-c6cc(-c7ccccc7)cc(-c7ccccc7)c6)c5)c4)cc(-c4cccc(-c5cc(-c6ccccc6)cc(-c6ccccc6)c5)c4)c3)c2)c1. The van der Waals surface area contributed by atoms with Crippen molar-refractivity contribution in [3.63, 3.8) is 0 Å². The molecule has 17 aromatic rings. The third-order valence-electron chi connectivity index (χ3n) is 21.0. The molecule has 1 heteroatoms. The molecule has 0 aliphatic rings. The predicted octanol–water partition coefficient (Wildman–Crippen LogP) is 30.1. The molecule has 0 saturated carbocycles. The number of carbonyl (C=O) groups excluding carboxylic acids is 1. The number of benzene rings is 17. The molecule has 0 unspecified atom stereocenters. The zero-order chi connectivity index (χ0) is 74.8. The van der Waals surface area contributed by atoms with Crippen molar-refractivity contribution in [2.24, 2.45) is 0 Å². The summed E-state index contributed by atoms with van der Waals surface area (Å²) >= 11 is 0. The van der Waals surface area contributed by atoms with Crippen LogP contribution >= 0.6 is 0 Å². The van der Waals surface area contributed by atoms with Crippen molar-refractivity contribution in [3.05, 3.63) is 466 Å². The molecule has 17 aromatic carbocycles. The molecule has 0 bridgehead atoms. The Bertz CT molecular complexity index is 5950. The van der Waals surface area contributed by atoms with Crippen molar-refractivity contribution in [2.45, 2.75) is 6.92 Å². The third kappa shape index (κ3) is 15.6. The predicted molar refractivity (Wildman–Crippen MR) is 471 cm³/mol. The first-order valence-electron chi connectivity index (χ1n) is 38.0. The largest absolute Gasteiger partial charge is 0.289 e. The highest BCUT2D eigenvalue weighted by molar-refractivity contribution is 6.12. The van der Waals surface area contributed by atoms with Crippen molar-refractivity contribution in [2.75, 3.05) is 0 Å². The van der Waals surface area contributed by atoms with Crippen LogP contribution in [0, 0.1) is 0 Å². The smallest absolute Gasteiger partial charge is 0.193 e. The van der Waals surface area contributed by atoms with E-state index < -0.39 is 0 Å². The molecule has 0 heterocycles. The van der Waals surface area contributed by atoms with E-state index in [1.54, 1.807) is 0 Å². The minimum absolute atomic E-state index is 0.0971. The normalized spacial score (nSPS) is 11.4. The van der Waals surface area contributed by atoms with Crippen LogP contribution in [0.25, 0.3) is 172 Å². The van der Waals surface area contributed by atoms with Gasteiger partial charge in [0.25, 0.3) is 0 Å². The van der Waals surface area contributed by atoms with Crippen LogP contribution in [0.5, 0.6) is 0 Å². The maximum Gasteiger partial charge on any atom is 0.193 e. The minimum Gasteiger partial charge on any atom is -0.289 e. The van der Waals surface area contributed by atoms with Crippen molar-refractivity contribution in [3.8, 4) is 167 Å². The van der Waals surface area contributed by atoms with E-state index in [9.17, 15) is 0 Å². The van der Waals surface area contributed by atoms with Gasteiger partial charge in [-0.05, 0) is 318 Å². The summed E-state index contributed by atoms with van der Waals surface area (Å²) in [5, 5.41) is 0. The van der Waals surface area contributed by atoms with Gasteiger partial charge < -0.3 is 0 Å². The van der Waals surface area contributed by atoms with Crippen molar-refractivity contribution >= 4 is 11.4 Å². The van der Waals surface area contributed by atoms with Gasteiger partial charge in [0.15, 0.2) is 5.78 Å². The van der Waals surface area contributed by atoms with Crippen molar-refractivity contribution in [1.82, 2.24) is 0 Å². The van der Waals surface area contributed by atoms with E-state index in [1.807, 2.05) is 19.1 Å². The zero-order valence-electron chi connectivity index (χ0n) is 61.8. The summed E-state index contributed by atoms with van der Waals surface area (Å²) in [6, 6.07) is 150. The van der Waals surface area contributed by atoms with Gasteiger partial charge in [0.05, 0.1) is 0 Å². The highest BCUT2D eigenvalue weighted by atomic mass is 16.1. The molecule has 1 nitrogen and oxygen atoms in total. The number of ketones is 1. The Hall–Kier alpha value is -14.4. The summed E-state index contributed by atoms with van der Waals surface area (Å²) in [4.78, 5) is 16.7.